The number of aryl methyl sites for hydroxylation is 1. The minimum atomic E-state index is -0.155. The number of carbonyl (C=O) groups excluding carboxylic acids is 1. The lowest BCUT2D eigenvalue weighted by molar-refractivity contribution is -0.116. The molecular formula is C13H14ClN3O2. The van der Waals surface area contributed by atoms with Gasteiger partial charge in [0.25, 0.3) is 0 Å². The van der Waals surface area contributed by atoms with Crippen LogP contribution in [-0.4, -0.2) is 20.6 Å². The van der Waals surface area contributed by atoms with Crippen molar-refractivity contribution in [3.63, 3.8) is 0 Å². The zero-order valence-corrected chi connectivity index (χ0v) is 11.0. The summed E-state index contributed by atoms with van der Waals surface area (Å²) in [5.74, 6) is -0.259. The van der Waals surface area contributed by atoms with Gasteiger partial charge in [0.1, 0.15) is 0 Å². The Balaban J connectivity index is 1.82. The van der Waals surface area contributed by atoms with Crippen LogP contribution in [0.15, 0.2) is 36.9 Å². The highest BCUT2D eigenvalue weighted by molar-refractivity contribution is 6.32. The van der Waals surface area contributed by atoms with Gasteiger partial charge in [0.2, 0.25) is 5.91 Å². The van der Waals surface area contributed by atoms with Crippen molar-refractivity contribution in [3.05, 3.63) is 41.9 Å². The van der Waals surface area contributed by atoms with Crippen LogP contribution in [0.25, 0.3) is 0 Å². The van der Waals surface area contributed by atoms with Gasteiger partial charge < -0.3 is 15.0 Å². The summed E-state index contributed by atoms with van der Waals surface area (Å²) in [6.07, 6.45) is 6.32. The van der Waals surface area contributed by atoms with Gasteiger partial charge in [-0.15, -0.1) is 0 Å². The number of hydrogen-bond acceptors (Lipinski definition) is 3. The zero-order chi connectivity index (χ0) is 13.7. The second-order valence-corrected chi connectivity index (χ2v) is 4.50. The second-order valence-electron chi connectivity index (χ2n) is 4.09. The van der Waals surface area contributed by atoms with Gasteiger partial charge in [-0.3, -0.25) is 4.79 Å². The number of nitrogens with zero attached hydrogens (tertiary/aromatic N) is 2. The van der Waals surface area contributed by atoms with Crippen molar-refractivity contribution in [3.8, 4) is 5.75 Å². The lowest BCUT2D eigenvalue weighted by atomic mass is 10.2. The molecule has 1 aromatic heterocycles. The van der Waals surface area contributed by atoms with Crippen molar-refractivity contribution >= 4 is 23.2 Å². The van der Waals surface area contributed by atoms with Gasteiger partial charge in [-0.2, -0.15) is 0 Å². The molecule has 100 valence electrons. The SMILES string of the molecule is O=C(CCCn1ccnc1)Nc1cccc(Cl)c1O. The van der Waals surface area contributed by atoms with Crippen LogP contribution in [0.5, 0.6) is 5.75 Å². The summed E-state index contributed by atoms with van der Waals surface area (Å²) in [4.78, 5) is 15.6. The maximum atomic E-state index is 11.7. The molecule has 0 fully saturated rings. The van der Waals surface area contributed by atoms with Gasteiger partial charge in [-0.1, -0.05) is 17.7 Å². The fourth-order valence-corrected chi connectivity index (χ4v) is 1.84. The standard InChI is InChI=1S/C13H14ClN3O2/c14-10-3-1-4-11(13(10)19)16-12(18)5-2-7-17-8-6-15-9-17/h1,3-4,6,8-9,19H,2,5,7H2,(H,16,18). The molecule has 6 heteroatoms. The van der Waals surface area contributed by atoms with Crippen molar-refractivity contribution < 1.29 is 9.90 Å². The highest BCUT2D eigenvalue weighted by Gasteiger charge is 2.08. The van der Waals surface area contributed by atoms with E-state index in [2.05, 4.69) is 10.3 Å². The summed E-state index contributed by atoms with van der Waals surface area (Å²) in [6, 6.07) is 4.84. The molecule has 19 heavy (non-hydrogen) atoms. The van der Waals surface area contributed by atoms with Crippen LogP contribution < -0.4 is 5.32 Å². The Morgan fingerprint density at radius 2 is 2.32 bits per heavy atom. The van der Waals surface area contributed by atoms with Gasteiger partial charge in [0.05, 0.1) is 17.0 Å². The number of rotatable bonds is 5. The third kappa shape index (κ3) is 3.72. The molecule has 1 heterocycles. The van der Waals surface area contributed by atoms with Crippen molar-refractivity contribution in [2.24, 2.45) is 0 Å². The number of amides is 1. The average molecular weight is 280 g/mol. The molecule has 0 aliphatic heterocycles. The first-order valence-corrected chi connectivity index (χ1v) is 6.27. The maximum absolute atomic E-state index is 11.7. The van der Waals surface area contributed by atoms with E-state index in [1.54, 1.807) is 30.7 Å². The Labute approximate surface area is 115 Å². The molecule has 0 unspecified atom stereocenters. The molecule has 1 amide bonds. The predicted octanol–water partition coefficient (Wildman–Crippen LogP) is 2.66. The number of anilines is 1. The van der Waals surface area contributed by atoms with Crippen LogP contribution in [0.1, 0.15) is 12.8 Å². The lowest BCUT2D eigenvalue weighted by Gasteiger charge is -2.08. The summed E-state index contributed by atoms with van der Waals surface area (Å²) in [7, 11) is 0. The molecule has 0 bridgehead atoms. The molecule has 0 radical (unpaired) electrons. The van der Waals surface area contributed by atoms with Crippen LogP contribution in [0, 0.1) is 0 Å². The molecule has 1 aromatic carbocycles. The van der Waals surface area contributed by atoms with Crippen LogP contribution >= 0.6 is 11.6 Å². The fraction of sp³-hybridized carbons (Fsp3) is 0.231. The highest BCUT2D eigenvalue weighted by Crippen LogP contribution is 2.31. The van der Waals surface area contributed by atoms with Crippen LogP contribution in [-0.2, 0) is 11.3 Å². The Bertz CT molecular complexity index is 555. The van der Waals surface area contributed by atoms with E-state index in [4.69, 9.17) is 11.6 Å². The number of hydrogen-bond donors (Lipinski definition) is 2. The predicted molar refractivity (Wildman–Crippen MR) is 73.2 cm³/mol. The second kappa shape index (κ2) is 6.24. The first-order chi connectivity index (χ1) is 9.16. The number of halogens is 1. The molecule has 2 aromatic rings. The Kier molecular flexibility index (Phi) is 4.41. The first-order valence-electron chi connectivity index (χ1n) is 5.90. The van der Waals surface area contributed by atoms with Crippen molar-refractivity contribution in [1.82, 2.24) is 9.55 Å². The Morgan fingerprint density at radius 1 is 1.47 bits per heavy atom. The molecule has 0 spiro atoms. The molecule has 2 N–H and O–H groups in total. The van der Waals surface area contributed by atoms with E-state index in [-0.39, 0.29) is 16.7 Å². The Morgan fingerprint density at radius 3 is 3.05 bits per heavy atom. The molecule has 5 nitrogen and oxygen atoms in total. The molecule has 0 aliphatic rings. The number of aromatic hydroxyl groups is 1. The number of phenols is 1. The zero-order valence-electron chi connectivity index (χ0n) is 10.2. The summed E-state index contributed by atoms with van der Waals surface area (Å²) >= 11 is 5.76. The summed E-state index contributed by atoms with van der Waals surface area (Å²) in [5, 5.41) is 12.5. The fourth-order valence-electron chi connectivity index (χ4n) is 1.67. The molecule has 0 aliphatic carbocycles. The number of carbonyl (C=O) groups is 1. The quantitative estimate of drug-likeness (QED) is 0.827. The van der Waals surface area contributed by atoms with Crippen LogP contribution in [0.2, 0.25) is 5.02 Å². The van der Waals surface area contributed by atoms with E-state index in [9.17, 15) is 9.90 Å². The van der Waals surface area contributed by atoms with E-state index in [1.807, 2.05) is 10.8 Å². The molecule has 0 atom stereocenters. The lowest BCUT2D eigenvalue weighted by Crippen LogP contribution is -2.12. The maximum Gasteiger partial charge on any atom is 0.224 e. The topological polar surface area (TPSA) is 67.2 Å². The number of benzene rings is 1. The summed E-state index contributed by atoms with van der Waals surface area (Å²) in [5.41, 5.74) is 0.333. The number of para-hydroxylation sites is 1. The molecular weight excluding hydrogens is 266 g/mol. The monoisotopic (exact) mass is 279 g/mol. The van der Waals surface area contributed by atoms with E-state index >= 15 is 0 Å². The van der Waals surface area contributed by atoms with Gasteiger partial charge >= 0.3 is 0 Å². The normalized spacial score (nSPS) is 10.4. The molecule has 0 saturated carbocycles. The first kappa shape index (κ1) is 13.4. The van der Waals surface area contributed by atoms with Crippen molar-refractivity contribution in [2.45, 2.75) is 19.4 Å². The van der Waals surface area contributed by atoms with Crippen LogP contribution in [0.4, 0.5) is 5.69 Å². The van der Waals surface area contributed by atoms with Crippen molar-refractivity contribution in [2.75, 3.05) is 5.32 Å². The third-order valence-corrected chi connectivity index (χ3v) is 2.95. The van der Waals surface area contributed by atoms with Gasteiger partial charge in [-0.05, 0) is 18.6 Å². The number of nitrogens with one attached hydrogen (secondary N) is 1. The number of aromatic nitrogens is 2. The smallest absolute Gasteiger partial charge is 0.224 e. The summed E-state index contributed by atoms with van der Waals surface area (Å²) in [6.45, 7) is 0.731. The third-order valence-electron chi connectivity index (χ3n) is 2.64. The van der Waals surface area contributed by atoms with E-state index in [1.165, 1.54) is 0 Å². The minimum Gasteiger partial charge on any atom is -0.504 e. The summed E-state index contributed by atoms with van der Waals surface area (Å²) < 4.78 is 1.91. The van der Waals surface area contributed by atoms with E-state index in [0.717, 1.165) is 6.54 Å². The van der Waals surface area contributed by atoms with E-state index < -0.39 is 0 Å². The number of phenolic OH excluding ortho intramolecular Hbond substituents is 1. The highest BCUT2D eigenvalue weighted by atomic mass is 35.5. The van der Waals surface area contributed by atoms with Crippen molar-refractivity contribution in [1.29, 1.82) is 0 Å². The Hall–Kier alpha value is -2.01. The van der Waals surface area contributed by atoms with E-state index in [0.29, 0.717) is 18.5 Å². The average Bonchev–Trinajstić information content (AvgIpc) is 2.88. The van der Waals surface area contributed by atoms with Gasteiger partial charge in [0.15, 0.2) is 5.75 Å². The minimum absolute atomic E-state index is 0.105. The van der Waals surface area contributed by atoms with Gasteiger partial charge in [0, 0.05) is 25.4 Å². The molecule has 2 rings (SSSR count). The number of imidazole rings is 1. The largest absolute Gasteiger partial charge is 0.504 e. The molecule has 0 saturated heterocycles. The van der Waals surface area contributed by atoms with Crippen LogP contribution in [0.3, 0.4) is 0 Å². The van der Waals surface area contributed by atoms with Gasteiger partial charge in [-0.25, -0.2) is 4.98 Å².